The van der Waals surface area contributed by atoms with Crippen LogP contribution in [-0.4, -0.2) is 29.1 Å². The zero-order valence-corrected chi connectivity index (χ0v) is 10.2. The molecule has 0 saturated carbocycles. The second kappa shape index (κ2) is 8.78. The van der Waals surface area contributed by atoms with Gasteiger partial charge in [0.1, 0.15) is 6.04 Å². The van der Waals surface area contributed by atoms with Gasteiger partial charge in [0.05, 0.1) is 7.11 Å². The third-order valence-corrected chi connectivity index (χ3v) is 2.08. The first-order valence-corrected chi connectivity index (χ1v) is 5.83. The molecule has 94 valence electrons. The summed E-state index contributed by atoms with van der Waals surface area (Å²) in [6, 6.07) is 8.54. The number of aliphatic carboxylic acids is 1. The van der Waals surface area contributed by atoms with Gasteiger partial charge in [0.25, 0.3) is 0 Å². The Morgan fingerprint density at radius 3 is 2.29 bits per heavy atom. The van der Waals surface area contributed by atoms with E-state index in [-0.39, 0.29) is 0 Å². The minimum Gasteiger partial charge on any atom is -0.480 e. The van der Waals surface area contributed by atoms with Crippen LogP contribution in [0.4, 0.5) is 0 Å². The van der Waals surface area contributed by atoms with Crippen LogP contribution in [0.25, 0.3) is 0 Å². The van der Waals surface area contributed by atoms with Gasteiger partial charge in [-0.25, -0.2) is 0 Å². The zero-order chi connectivity index (χ0) is 13.3. The van der Waals surface area contributed by atoms with E-state index in [4.69, 9.17) is 15.7 Å². The first-order valence-electron chi connectivity index (χ1n) is 4.70. The van der Waals surface area contributed by atoms with Gasteiger partial charge < -0.3 is 10.8 Å². The van der Waals surface area contributed by atoms with E-state index in [0.717, 1.165) is 5.56 Å². The largest absolute Gasteiger partial charge is 0.694 e. The third kappa shape index (κ3) is 8.47. The standard InChI is InChI=1S/C9H11NO2.CH3O3P/c10-8(9(11)12)6-7-4-2-1-3-5-7;1-4-5(2)3/h1-5,8H,6,10H2,(H,11,12);1H3/p+1/t8-;/m0./s1. The van der Waals surface area contributed by atoms with Crippen LogP contribution in [0.15, 0.2) is 30.3 Å². The molecule has 0 fully saturated rings. The van der Waals surface area contributed by atoms with Crippen LogP contribution in [0, 0.1) is 0 Å². The molecule has 7 heteroatoms. The van der Waals surface area contributed by atoms with Gasteiger partial charge in [0.2, 0.25) is 0 Å². The van der Waals surface area contributed by atoms with Gasteiger partial charge in [-0.2, -0.15) is 0 Å². The molecule has 0 heterocycles. The molecule has 0 amide bonds. The maximum Gasteiger partial charge on any atom is 0.694 e. The Hall–Kier alpha value is -1.33. The molecule has 1 rings (SSSR count). The van der Waals surface area contributed by atoms with Crippen molar-refractivity contribution in [3.63, 3.8) is 0 Å². The van der Waals surface area contributed by atoms with E-state index in [0.29, 0.717) is 6.42 Å². The molecular formula is C10H15NO5P+. The van der Waals surface area contributed by atoms with Crippen LogP contribution in [0.2, 0.25) is 0 Å². The predicted octanol–water partition coefficient (Wildman–Crippen LogP) is 0.923. The van der Waals surface area contributed by atoms with Crippen molar-refractivity contribution < 1.29 is 23.9 Å². The lowest BCUT2D eigenvalue weighted by molar-refractivity contribution is -0.138. The number of carbonyl (C=O) groups is 1. The number of rotatable bonds is 4. The van der Waals surface area contributed by atoms with Gasteiger partial charge in [-0.1, -0.05) is 30.3 Å². The third-order valence-electron chi connectivity index (χ3n) is 1.77. The van der Waals surface area contributed by atoms with Crippen molar-refractivity contribution in [2.24, 2.45) is 5.73 Å². The van der Waals surface area contributed by atoms with E-state index in [1.54, 1.807) is 0 Å². The summed E-state index contributed by atoms with van der Waals surface area (Å²) in [7, 11) is -1.18. The molecule has 0 aliphatic carbocycles. The highest BCUT2D eigenvalue weighted by Gasteiger charge is 2.10. The highest BCUT2D eigenvalue weighted by molar-refractivity contribution is 7.32. The lowest BCUT2D eigenvalue weighted by atomic mass is 10.1. The van der Waals surface area contributed by atoms with Crippen molar-refractivity contribution in [3.05, 3.63) is 35.9 Å². The minimum atomic E-state index is -2.35. The Labute approximate surface area is 100.0 Å². The molecule has 0 saturated heterocycles. The monoisotopic (exact) mass is 260 g/mol. The quantitative estimate of drug-likeness (QED) is 0.694. The number of nitrogens with two attached hydrogens (primary N) is 1. The topological polar surface area (TPSA) is 110 Å². The van der Waals surface area contributed by atoms with Gasteiger partial charge in [0, 0.05) is 4.57 Å². The summed E-state index contributed by atoms with van der Waals surface area (Å²) >= 11 is 0. The fourth-order valence-electron chi connectivity index (χ4n) is 0.955. The van der Waals surface area contributed by atoms with E-state index in [1.807, 2.05) is 30.3 Å². The summed E-state index contributed by atoms with van der Waals surface area (Å²) in [5.74, 6) is -0.959. The van der Waals surface area contributed by atoms with Crippen molar-refractivity contribution in [1.82, 2.24) is 0 Å². The van der Waals surface area contributed by atoms with Crippen LogP contribution in [-0.2, 0) is 20.3 Å². The number of benzene rings is 1. The SMILES string of the molecule is CO[P+](=O)O.N[C@@H](Cc1ccccc1)C(=O)O. The molecule has 1 aromatic carbocycles. The van der Waals surface area contributed by atoms with Gasteiger partial charge in [-0.3, -0.25) is 4.79 Å². The molecule has 0 radical (unpaired) electrons. The molecule has 0 aliphatic heterocycles. The first kappa shape index (κ1) is 15.7. The maximum atomic E-state index is 10.4. The Morgan fingerprint density at radius 1 is 1.47 bits per heavy atom. The maximum absolute atomic E-state index is 10.4. The molecule has 0 aliphatic rings. The Balaban J connectivity index is 0.000000437. The van der Waals surface area contributed by atoms with Crippen LogP contribution < -0.4 is 5.73 Å². The smallest absolute Gasteiger partial charge is 0.480 e. The van der Waals surface area contributed by atoms with E-state index < -0.39 is 20.3 Å². The summed E-state index contributed by atoms with van der Waals surface area (Å²) in [5.41, 5.74) is 6.30. The fourth-order valence-corrected chi connectivity index (χ4v) is 0.955. The van der Waals surface area contributed by atoms with Crippen molar-refractivity contribution in [1.29, 1.82) is 0 Å². The fraction of sp³-hybridized carbons (Fsp3) is 0.300. The van der Waals surface area contributed by atoms with E-state index in [1.165, 1.54) is 7.11 Å². The molecule has 4 N–H and O–H groups in total. The lowest BCUT2D eigenvalue weighted by Gasteiger charge is -2.04. The van der Waals surface area contributed by atoms with E-state index in [9.17, 15) is 9.36 Å². The molecule has 1 unspecified atom stereocenters. The van der Waals surface area contributed by atoms with Crippen molar-refractivity contribution >= 4 is 14.2 Å². The van der Waals surface area contributed by atoms with Gasteiger partial charge in [0.15, 0.2) is 0 Å². The van der Waals surface area contributed by atoms with Crippen LogP contribution in [0.3, 0.4) is 0 Å². The first-order chi connectivity index (χ1) is 7.97. The second-order valence-corrected chi connectivity index (χ2v) is 3.90. The highest BCUT2D eigenvalue weighted by atomic mass is 31.1. The normalized spacial score (nSPS) is 12.1. The van der Waals surface area contributed by atoms with Gasteiger partial charge in [-0.15, -0.1) is 9.42 Å². The van der Waals surface area contributed by atoms with Crippen molar-refractivity contribution in [2.75, 3.05) is 7.11 Å². The van der Waals surface area contributed by atoms with E-state index >= 15 is 0 Å². The Morgan fingerprint density at radius 2 is 1.94 bits per heavy atom. The Bertz CT molecular complexity index is 357. The molecule has 0 spiro atoms. The molecule has 1 aromatic rings. The number of hydrogen-bond acceptors (Lipinski definition) is 4. The molecule has 0 bridgehead atoms. The van der Waals surface area contributed by atoms with Crippen LogP contribution in [0.5, 0.6) is 0 Å². The summed E-state index contributed by atoms with van der Waals surface area (Å²) in [5, 5.41) is 8.52. The molecule has 0 aromatic heterocycles. The average Bonchev–Trinajstić information content (AvgIpc) is 2.31. The zero-order valence-electron chi connectivity index (χ0n) is 9.31. The number of hydrogen-bond donors (Lipinski definition) is 3. The average molecular weight is 260 g/mol. The second-order valence-electron chi connectivity index (χ2n) is 3.05. The van der Waals surface area contributed by atoms with Gasteiger partial charge >= 0.3 is 14.2 Å². The number of carboxylic acid groups (broad SMARTS) is 1. The molecule has 17 heavy (non-hydrogen) atoms. The molecule has 2 atom stereocenters. The summed E-state index contributed by atoms with van der Waals surface area (Å²) in [6.07, 6.45) is 0.385. The van der Waals surface area contributed by atoms with E-state index in [2.05, 4.69) is 4.52 Å². The Kier molecular flexibility index (Phi) is 8.09. The predicted molar refractivity (Wildman–Crippen MR) is 62.6 cm³/mol. The molecule has 6 nitrogen and oxygen atoms in total. The van der Waals surface area contributed by atoms with Gasteiger partial charge in [-0.05, 0) is 12.0 Å². The number of carboxylic acids is 1. The highest BCUT2D eigenvalue weighted by Crippen LogP contribution is 2.09. The summed E-state index contributed by atoms with van der Waals surface area (Å²) in [4.78, 5) is 18.0. The lowest BCUT2D eigenvalue weighted by Crippen LogP contribution is -2.32. The van der Waals surface area contributed by atoms with Crippen molar-refractivity contribution in [2.45, 2.75) is 12.5 Å². The molecular weight excluding hydrogens is 245 g/mol. The van der Waals surface area contributed by atoms with Crippen LogP contribution >= 0.6 is 8.25 Å². The summed E-state index contributed by atoms with van der Waals surface area (Å²) < 4.78 is 13.1. The van der Waals surface area contributed by atoms with Crippen molar-refractivity contribution in [3.8, 4) is 0 Å². The van der Waals surface area contributed by atoms with Crippen LogP contribution in [0.1, 0.15) is 5.56 Å². The summed E-state index contributed by atoms with van der Waals surface area (Å²) in [6.45, 7) is 0. The minimum absolute atomic E-state index is 0.385.